The van der Waals surface area contributed by atoms with Gasteiger partial charge in [-0.15, -0.1) is 23.5 Å². The number of thiol groups is 1. The van der Waals surface area contributed by atoms with E-state index in [2.05, 4.69) is 43.8 Å². The maximum absolute atomic E-state index is 11.4. The van der Waals surface area contributed by atoms with Gasteiger partial charge >= 0.3 is 23.9 Å². The number of hydrogen-bond donors (Lipinski definition) is 7. The summed E-state index contributed by atoms with van der Waals surface area (Å²) >= 11 is 7.02. The Bertz CT molecular complexity index is 2090. The predicted octanol–water partition coefficient (Wildman–Crippen LogP) is 4.65. The largest absolute Gasteiger partial charge is 0.480 e. The predicted molar refractivity (Wildman–Crippen MR) is 301 cm³/mol. The highest BCUT2D eigenvalue weighted by Gasteiger charge is 2.32. The Morgan fingerprint density at radius 1 is 0.592 bits per heavy atom. The van der Waals surface area contributed by atoms with Gasteiger partial charge in [-0.2, -0.15) is 12.6 Å². The molecule has 20 nitrogen and oxygen atoms in total. The number of amides is 5. The van der Waals surface area contributed by atoms with Crippen molar-refractivity contribution in [2.45, 2.75) is 126 Å². The van der Waals surface area contributed by atoms with E-state index in [0.717, 1.165) is 23.0 Å². The molecule has 2 fully saturated rings. The Labute approximate surface area is 462 Å². The Morgan fingerprint density at radius 2 is 0.829 bits per heavy atom. The topological polar surface area (TPSA) is 298 Å². The Hall–Kier alpha value is -6.43. The fraction of sp³-hybridized carbons (Fsp3) is 0.472. The number of benzene rings is 3. The zero-order chi connectivity index (χ0) is 59.1. The average Bonchev–Trinajstić information content (AvgIpc) is 3.74. The van der Waals surface area contributed by atoms with E-state index in [9.17, 15) is 43.2 Å². The van der Waals surface area contributed by atoms with Crippen molar-refractivity contribution < 1.29 is 67.6 Å². The van der Waals surface area contributed by atoms with Gasteiger partial charge in [-0.3, -0.25) is 28.8 Å². The molecule has 8 atom stereocenters. The lowest BCUT2D eigenvalue weighted by atomic mass is 10.1. The molecular formula is C53H80N6O14S3. The zero-order valence-corrected chi connectivity index (χ0v) is 48.5. The molecular weight excluding hydrogens is 1040 g/mol. The summed E-state index contributed by atoms with van der Waals surface area (Å²) in [6.07, 6.45) is 1.93. The number of carbonyl (C=O) groups excluding carboxylic acids is 8. The standard InChI is InChI=1S/2C12H15NO3.C11H13NO3.2C6H11NOS.C3H6O2S.C2H4O.CH5N/c2*1-9(14)13-11(12(15)16-2)8-10-6-4-3-5-7-10;1-8(13)12-10(11(14)15)7-9-5-3-2-4-6-9;2*1-4-6(8)7(3)5(2)9-4;1-2(6)3(4)5;1-2-3;1-2/h2*3-7,11H,8H2,1-2H3,(H,13,14);2-6,10H,7H2,1H3,(H,12,13)(H,14,15);2*4-5H,1-3H3;2,6H,1H3,(H,4,5);2H,1H3;2H2,1H3. The molecule has 2 aliphatic rings. The van der Waals surface area contributed by atoms with Crippen molar-refractivity contribution >= 4 is 95.9 Å². The van der Waals surface area contributed by atoms with Gasteiger partial charge in [0.2, 0.25) is 29.5 Å². The molecule has 0 aromatic heterocycles. The molecule has 0 radical (unpaired) electrons. The van der Waals surface area contributed by atoms with E-state index in [4.69, 9.17) is 15.0 Å². The lowest BCUT2D eigenvalue weighted by Gasteiger charge is -2.15. The molecule has 0 spiro atoms. The van der Waals surface area contributed by atoms with Crippen molar-refractivity contribution in [2.24, 2.45) is 5.73 Å². The van der Waals surface area contributed by atoms with Gasteiger partial charge in [0.25, 0.3) is 0 Å². The third kappa shape index (κ3) is 34.2. The number of nitrogens with two attached hydrogens (primary N) is 1. The normalized spacial score (nSPS) is 17.1. The van der Waals surface area contributed by atoms with Crippen molar-refractivity contribution in [2.75, 3.05) is 35.4 Å². The lowest BCUT2D eigenvalue weighted by molar-refractivity contribution is -0.145. The van der Waals surface area contributed by atoms with Gasteiger partial charge in [-0.05, 0) is 65.3 Å². The van der Waals surface area contributed by atoms with Crippen LogP contribution in [0.4, 0.5) is 0 Å². The number of carbonyl (C=O) groups is 10. The molecule has 3 aromatic carbocycles. The molecule has 76 heavy (non-hydrogen) atoms. The second-order valence-corrected chi connectivity index (χ2v) is 20.2. The van der Waals surface area contributed by atoms with Crippen molar-refractivity contribution in [1.82, 2.24) is 25.8 Å². The van der Waals surface area contributed by atoms with Crippen LogP contribution in [-0.2, 0) is 76.7 Å². The van der Waals surface area contributed by atoms with Crippen molar-refractivity contribution in [1.29, 1.82) is 0 Å². The second-order valence-electron chi connectivity index (χ2n) is 16.1. The molecule has 8 unspecified atom stereocenters. The van der Waals surface area contributed by atoms with Crippen LogP contribution in [0, 0.1) is 0 Å². The van der Waals surface area contributed by atoms with Crippen LogP contribution >= 0.6 is 36.2 Å². The van der Waals surface area contributed by atoms with Crippen LogP contribution in [0.2, 0.25) is 0 Å². The van der Waals surface area contributed by atoms with E-state index in [1.807, 2.05) is 133 Å². The molecule has 5 amide bonds. The SMILES string of the molecule is CC(=O)NC(Cc1ccccc1)C(=O)O.CC(S)C(=O)O.CC1SC(C)N(C)C1=O.CC1SC(C)N(C)C1=O.CC=O.CN.COC(=O)C(Cc1ccccc1)NC(C)=O.COC(=O)C(Cc1ccccc1)NC(C)=O. The van der Waals surface area contributed by atoms with Gasteiger partial charge in [-0.25, -0.2) is 14.4 Å². The highest BCUT2D eigenvalue weighted by atomic mass is 32.2. The van der Waals surface area contributed by atoms with E-state index in [1.54, 1.807) is 33.3 Å². The number of aliphatic carboxylic acids is 2. The summed E-state index contributed by atoms with van der Waals surface area (Å²) in [5.74, 6) is -3.07. The number of esters is 2. The first-order valence-corrected chi connectivity index (χ1v) is 26.1. The molecule has 0 saturated carbocycles. The maximum Gasteiger partial charge on any atom is 0.328 e. The molecule has 3 aromatic rings. The minimum absolute atomic E-state index is 0.171. The van der Waals surface area contributed by atoms with E-state index in [1.165, 1.54) is 55.9 Å². The average molecular weight is 1120 g/mol. The summed E-state index contributed by atoms with van der Waals surface area (Å²) in [6, 6.07) is 26.0. The smallest absolute Gasteiger partial charge is 0.328 e. The van der Waals surface area contributed by atoms with Crippen LogP contribution in [0.15, 0.2) is 91.0 Å². The molecule has 23 heteroatoms. The number of carboxylic acids is 2. The van der Waals surface area contributed by atoms with Gasteiger partial charge in [0.1, 0.15) is 24.4 Å². The third-order valence-corrected chi connectivity index (χ3v) is 12.8. The molecule has 2 saturated heterocycles. The number of aldehydes is 1. The van der Waals surface area contributed by atoms with Crippen molar-refractivity contribution in [3.8, 4) is 0 Å². The van der Waals surface area contributed by atoms with Gasteiger partial charge in [0.15, 0.2) is 0 Å². The lowest BCUT2D eigenvalue weighted by Crippen LogP contribution is -2.41. The summed E-state index contributed by atoms with van der Waals surface area (Å²) < 4.78 is 9.26. The highest BCUT2D eigenvalue weighted by molar-refractivity contribution is 8.01. The maximum atomic E-state index is 11.4. The van der Waals surface area contributed by atoms with Crippen LogP contribution in [0.25, 0.3) is 0 Å². The summed E-state index contributed by atoms with van der Waals surface area (Å²) in [5.41, 5.74) is 7.34. The molecule has 0 bridgehead atoms. The first-order valence-electron chi connectivity index (χ1n) is 23.7. The number of rotatable bonds is 13. The number of nitrogens with zero attached hydrogens (tertiary/aromatic N) is 2. The number of ether oxygens (including phenoxy) is 2. The Balaban J connectivity index is -0.000000847. The summed E-state index contributed by atoms with van der Waals surface area (Å²) in [6.45, 7) is 15.0. The minimum atomic E-state index is -1.02. The molecule has 5 rings (SSSR count). The molecule has 424 valence electrons. The van der Waals surface area contributed by atoms with Crippen LogP contribution in [0.1, 0.15) is 79.0 Å². The zero-order valence-electron chi connectivity index (χ0n) is 46.0. The molecule has 0 aliphatic carbocycles. The van der Waals surface area contributed by atoms with Crippen LogP contribution in [0.3, 0.4) is 0 Å². The summed E-state index contributed by atoms with van der Waals surface area (Å²) in [7, 11) is 7.82. The van der Waals surface area contributed by atoms with Crippen LogP contribution < -0.4 is 21.7 Å². The summed E-state index contributed by atoms with van der Waals surface area (Å²) in [5, 5.41) is 24.8. The monoisotopic (exact) mass is 1120 g/mol. The van der Waals surface area contributed by atoms with Gasteiger partial charge < -0.3 is 56.0 Å². The Kier molecular flexibility index (Phi) is 41.5. The van der Waals surface area contributed by atoms with Gasteiger partial charge in [0, 0.05) is 54.1 Å². The fourth-order valence-corrected chi connectivity index (χ4v) is 8.30. The van der Waals surface area contributed by atoms with E-state index >= 15 is 0 Å². The number of nitrogens with one attached hydrogen (secondary N) is 3. The fourth-order valence-electron chi connectivity index (χ4n) is 5.98. The van der Waals surface area contributed by atoms with E-state index in [0.29, 0.717) is 30.0 Å². The highest BCUT2D eigenvalue weighted by Crippen LogP contribution is 2.29. The number of thioether (sulfide) groups is 2. The number of carboxylic acid groups (broad SMARTS) is 2. The van der Waals surface area contributed by atoms with Crippen LogP contribution in [0.5, 0.6) is 0 Å². The van der Waals surface area contributed by atoms with Crippen molar-refractivity contribution in [3.05, 3.63) is 108 Å². The second kappa shape index (κ2) is 42.8. The summed E-state index contributed by atoms with van der Waals surface area (Å²) in [4.78, 5) is 110. The minimum Gasteiger partial charge on any atom is -0.480 e. The van der Waals surface area contributed by atoms with Crippen LogP contribution in [-0.4, -0.2) is 160 Å². The quantitative estimate of drug-likeness (QED) is 0.0696. The van der Waals surface area contributed by atoms with Gasteiger partial charge in [0.05, 0.1) is 40.7 Å². The Morgan fingerprint density at radius 3 is 0.987 bits per heavy atom. The number of methoxy groups -OCH3 is 2. The first kappa shape index (κ1) is 73.8. The first-order chi connectivity index (χ1) is 35.7. The number of hydrogen-bond acceptors (Lipinski definition) is 16. The van der Waals surface area contributed by atoms with Gasteiger partial charge in [-0.1, -0.05) is 91.0 Å². The molecule has 2 heterocycles. The van der Waals surface area contributed by atoms with E-state index < -0.39 is 47.3 Å². The molecule has 2 aliphatic heterocycles. The third-order valence-electron chi connectivity index (χ3n) is 9.89. The molecule has 7 N–H and O–H groups in total. The van der Waals surface area contributed by atoms with Crippen molar-refractivity contribution in [3.63, 3.8) is 0 Å². The van der Waals surface area contributed by atoms with E-state index in [-0.39, 0.29) is 40.0 Å².